The van der Waals surface area contributed by atoms with Crippen molar-refractivity contribution in [3.63, 3.8) is 0 Å². The largest absolute Gasteiger partial charge is 0.383 e. The van der Waals surface area contributed by atoms with Crippen LogP contribution >= 0.6 is 0 Å². The third-order valence-corrected chi connectivity index (χ3v) is 3.45. The van der Waals surface area contributed by atoms with Crippen LogP contribution in [-0.4, -0.2) is 16.6 Å². The van der Waals surface area contributed by atoms with Gasteiger partial charge in [-0.05, 0) is 39.5 Å². The van der Waals surface area contributed by atoms with E-state index in [-0.39, 0.29) is 5.56 Å². The number of rotatable bonds is 3. The minimum Gasteiger partial charge on any atom is -0.383 e. The number of anilines is 1. The van der Waals surface area contributed by atoms with Crippen molar-refractivity contribution in [2.75, 3.05) is 12.3 Å². The van der Waals surface area contributed by atoms with Crippen LogP contribution in [0.3, 0.4) is 0 Å². The lowest BCUT2D eigenvalue weighted by molar-refractivity contribution is -0.0457. The summed E-state index contributed by atoms with van der Waals surface area (Å²) in [6.45, 7) is 4.24. The molecule has 1 heterocycles. The van der Waals surface area contributed by atoms with Gasteiger partial charge in [0.2, 0.25) is 0 Å². The van der Waals surface area contributed by atoms with E-state index < -0.39 is 5.60 Å². The Morgan fingerprint density at radius 2 is 2.12 bits per heavy atom. The molecule has 1 fully saturated rings. The summed E-state index contributed by atoms with van der Waals surface area (Å²) in [6.07, 6.45) is 3.98. The highest BCUT2D eigenvalue weighted by Gasteiger charge is 2.39. The highest BCUT2D eigenvalue weighted by atomic mass is 16.5. The van der Waals surface area contributed by atoms with Crippen molar-refractivity contribution >= 4 is 5.82 Å². The fourth-order valence-electron chi connectivity index (χ4n) is 2.44. The van der Waals surface area contributed by atoms with Gasteiger partial charge in [0, 0.05) is 6.61 Å². The predicted octanol–water partition coefficient (Wildman–Crippen LogP) is 1.47. The van der Waals surface area contributed by atoms with Gasteiger partial charge in [0.05, 0.1) is 5.56 Å². The first-order valence-corrected chi connectivity index (χ1v) is 6.10. The molecule has 0 saturated heterocycles. The van der Waals surface area contributed by atoms with E-state index in [1.807, 2.05) is 6.92 Å². The molecule has 0 bridgehead atoms. The maximum Gasteiger partial charge on any atom is 0.255 e. The topological polar surface area (TPSA) is 81.0 Å². The fraction of sp³-hybridized carbons (Fsp3) is 0.667. The Hall–Kier alpha value is -1.36. The van der Waals surface area contributed by atoms with Crippen molar-refractivity contribution < 1.29 is 4.74 Å². The molecule has 0 aliphatic heterocycles. The lowest BCUT2D eigenvalue weighted by atomic mass is 10.0. The Labute approximate surface area is 100 Å². The van der Waals surface area contributed by atoms with E-state index in [2.05, 4.69) is 9.97 Å². The van der Waals surface area contributed by atoms with Gasteiger partial charge in [-0.25, -0.2) is 4.98 Å². The van der Waals surface area contributed by atoms with Crippen LogP contribution in [0.4, 0.5) is 5.82 Å². The summed E-state index contributed by atoms with van der Waals surface area (Å²) < 4.78 is 5.84. The second-order valence-electron chi connectivity index (χ2n) is 4.56. The van der Waals surface area contributed by atoms with E-state index in [1.54, 1.807) is 6.92 Å². The molecule has 1 saturated carbocycles. The van der Waals surface area contributed by atoms with Gasteiger partial charge >= 0.3 is 0 Å². The minimum atomic E-state index is -0.435. The maximum atomic E-state index is 11.7. The van der Waals surface area contributed by atoms with Crippen molar-refractivity contribution in [3.8, 4) is 0 Å². The predicted molar refractivity (Wildman–Crippen MR) is 65.8 cm³/mol. The van der Waals surface area contributed by atoms with E-state index in [1.165, 1.54) is 0 Å². The molecular formula is C12H19N3O2. The fourth-order valence-corrected chi connectivity index (χ4v) is 2.44. The standard InChI is InChI=1S/C12H19N3O2/c1-3-17-12(6-4-5-7-12)11-14-9(13)8(2)10(16)15-11/h3-7H2,1-2H3,(H3,13,14,15,16). The number of nitrogen functional groups attached to an aromatic ring is 1. The first-order chi connectivity index (χ1) is 8.09. The van der Waals surface area contributed by atoms with Gasteiger partial charge in [-0.2, -0.15) is 0 Å². The number of nitrogens with two attached hydrogens (primary N) is 1. The zero-order valence-corrected chi connectivity index (χ0v) is 10.4. The Morgan fingerprint density at radius 3 is 2.65 bits per heavy atom. The number of aromatic amines is 1. The van der Waals surface area contributed by atoms with Gasteiger partial charge in [-0.15, -0.1) is 0 Å². The summed E-state index contributed by atoms with van der Waals surface area (Å²) in [5, 5.41) is 0. The van der Waals surface area contributed by atoms with E-state index >= 15 is 0 Å². The van der Waals surface area contributed by atoms with E-state index in [9.17, 15) is 4.79 Å². The van der Waals surface area contributed by atoms with Gasteiger partial charge in [-0.1, -0.05) is 0 Å². The summed E-state index contributed by atoms with van der Waals surface area (Å²) in [5.41, 5.74) is 5.63. The van der Waals surface area contributed by atoms with Crippen LogP contribution in [0.1, 0.15) is 44.0 Å². The van der Waals surface area contributed by atoms with Crippen LogP contribution in [0, 0.1) is 6.92 Å². The molecule has 0 atom stereocenters. The van der Waals surface area contributed by atoms with Crippen LogP contribution < -0.4 is 11.3 Å². The van der Waals surface area contributed by atoms with Crippen molar-refractivity contribution in [1.29, 1.82) is 0 Å². The molecule has 0 aromatic carbocycles. The van der Waals surface area contributed by atoms with Crippen LogP contribution in [0.5, 0.6) is 0 Å². The van der Waals surface area contributed by atoms with Crippen LogP contribution in [-0.2, 0) is 10.3 Å². The van der Waals surface area contributed by atoms with Gasteiger partial charge in [0.15, 0.2) is 0 Å². The number of ether oxygens (including phenoxy) is 1. The number of H-pyrrole nitrogens is 1. The molecule has 1 aromatic rings. The smallest absolute Gasteiger partial charge is 0.255 e. The molecule has 1 aliphatic rings. The molecule has 5 nitrogen and oxygen atoms in total. The molecule has 3 N–H and O–H groups in total. The Balaban J connectivity index is 2.47. The normalized spacial score (nSPS) is 18.5. The monoisotopic (exact) mass is 237 g/mol. The summed E-state index contributed by atoms with van der Waals surface area (Å²) >= 11 is 0. The minimum absolute atomic E-state index is 0.168. The van der Waals surface area contributed by atoms with Crippen LogP contribution in [0.15, 0.2) is 4.79 Å². The Bertz CT molecular complexity index is 461. The summed E-state index contributed by atoms with van der Waals surface area (Å²) in [7, 11) is 0. The van der Waals surface area contributed by atoms with Crippen molar-refractivity contribution in [2.45, 2.75) is 45.1 Å². The highest BCUT2D eigenvalue weighted by Crippen LogP contribution is 2.40. The van der Waals surface area contributed by atoms with E-state index in [0.717, 1.165) is 25.7 Å². The Kier molecular flexibility index (Phi) is 3.19. The van der Waals surface area contributed by atoms with E-state index in [0.29, 0.717) is 23.8 Å². The van der Waals surface area contributed by atoms with Crippen LogP contribution in [0.2, 0.25) is 0 Å². The molecule has 0 spiro atoms. The van der Waals surface area contributed by atoms with E-state index in [4.69, 9.17) is 10.5 Å². The van der Waals surface area contributed by atoms with Gasteiger partial charge in [0.1, 0.15) is 17.2 Å². The van der Waals surface area contributed by atoms with Gasteiger partial charge in [0.25, 0.3) is 5.56 Å². The second-order valence-corrected chi connectivity index (χ2v) is 4.56. The lowest BCUT2D eigenvalue weighted by Gasteiger charge is -2.27. The van der Waals surface area contributed by atoms with Crippen molar-refractivity contribution in [3.05, 3.63) is 21.7 Å². The summed E-state index contributed by atoms with van der Waals surface area (Å²) in [5.74, 6) is 0.889. The SMILES string of the molecule is CCOC1(c2nc(N)c(C)c(=O)[nH]2)CCCC1. The summed E-state index contributed by atoms with van der Waals surface area (Å²) in [6, 6.07) is 0. The molecule has 2 rings (SSSR count). The number of nitrogens with zero attached hydrogens (tertiary/aromatic N) is 1. The zero-order chi connectivity index (χ0) is 12.5. The zero-order valence-electron chi connectivity index (χ0n) is 10.4. The number of nitrogens with one attached hydrogen (secondary N) is 1. The second kappa shape index (κ2) is 4.49. The molecule has 0 amide bonds. The molecule has 5 heteroatoms. The molecule has 94 valence electrons. The highest BCUT2D eigenvalue weighted by molar-refractivity contribution is 5.37. The first-order valence-electron chi connectivity index (χ1n) is 6.10. The molecule has 17 heavy (non-hydrogen) atoms. The number of aromatic nitrogens is 2. The maximum absolute atomic E-state index is 11.7. The summed E-state index contributed by atoms with van der Waals surface area (Å²) in [4.78, 5) is 18.8. The molecule has 1 aromatic heterocycles. The molecular weight excluding hydrogens is 218 g/mol. The average molecular weight is 237 g/mol. The van der Waals surface area contributed by atoms with Crippen molar-refractivity contribution in [1.82, 2.24) is 9.97 Å². The quantitative estimate of drug-likeness (QED) is 0.834. The van der Waals surface area contributed by atoms with Crippen molar-refractivity contribution in [2.24, 2.45) is 0 Å². The lowest BCUT2D eigenvalue weighted by Crippen LogP contribution is -2.32. The Morgan fingerprint density at radius 1 is 1.47 bits per heavy atom. The van der Waals surface area contributed by atoms with Gasteiger partial charge < -0.3 is 15.5 Å². The number of hydrogen-bond donors (Lipinski definition) is 2. The molecule has 0 radical (unpaired) electrons. The third-order valence-electron chi connectivity index (χ3n) is 3.45. The molecule has 0 unspecified atom stereocenters. The van der Waals surface area contributed by atoms with Crippen LogP contribution in [0.25, 0.3) is 0 Å². The average Bonchev–Trinajstić information content (AvgIpc) is 2.75. The number of hydrogen-bond acceptors (Lipinski definition) is 4. The van der Waals surface area contributed by atoms with Gasteiger partial charge in [-0.3, -0.25) is 4.79 Å². The molecule has 1 aliphatic carbocycles. The first kappa shape index (κ1) is 12.1. The third kappa shape index (κ3) is 2.07.